The van der Waals surface area contributed by atoms with E-state index in [9.17, 15) is 19.3 Å². The first kappa shape index (κ1) is 15.9. The molecule has 1 amide bonds. The number of benzene rings is 2. The van der Waals surface area contributed by atoms with Gasteiger partial charge in [0.25, 0.3) is 11.6 Å². The largest absolute Gasteiger partial charge is 0.351 e. The highest BCUT2D eigenvalue weighted by molar-refractivity contribution is 6.31. The van der Waals surface area contributed by atoms with E-state index in [1.165, 1.54) is 30.3 Å². The number of nitro benzene ring substituents is 1. The van der Waals surface area contributed by atoms with Crippen LogP contribution in [-0.2, 0) is 6.42 Å². The van der Waals surface area contributed by atoms with E-state index in [4.69, 9.17) is 11.6 Å². The second-order valence-electron chi connectivity index (χ2n) is 4.55. The van der Waals surface area contributed by atoms with Gasteiger partial charge in [0, 0.05) is 17.6 Å². The predicted octanol–water partition coefficient (Wildman–Crippen LogP) is 3.36. The number of halogens is 2. The highest BCUT2D eigenvalue weighted by atomic mass is 35.5. The standard InChI is InChI=1S/C15H12ClFN2O3/c16-11-3-6-14(19(21)22)13(9-11)15(20)18-8-7-10-1-4-12(17)5-2-10/h1-6,9H,7-8H2,(H,18,20). The smallest absolute Gasteiger partial charge is 0.282 e. The molecule has 0 spiro atoms. The van der Waals surface area contributed by atoms with Crippen LogP contribution >= 0.6 is 11.6 Å². The molecule has 0 atom stereocenters. The summed E-state index contributed by atoms with van der Waals surface area (Å²) in [5.74, 6) is -0.904. The molecule has 0 aromatic heterocycles. The topological polar surface area (TPSA) is 72.2 Å². The minimum Gasteiger partial charge on any atom is -0.351 e. The Morgan fingerprint density at radius 3 is 2.55 bits per heavy atom. The third kappa shape index (κ3) is 4.02. The van der Waals surface area contributed by atoms with Crippen molar-refractivity contribution < 1.29 is 14.1 Å². The molecule has 22 heavy (non-hydrogen) atoms. The highest BCUT2D eigenvalue weighted by Crippen LogP contribution is 2.22. The average Bonchev–Trinajstić information content (AvgIpc) is 2.48. The van der Waals surface area contributed by atoms with Gasteiger partial charge in [-0.2, -0.15) is 0 Å². The first-order valence-electron chi connectivity index (χ1n) is 6.44. The van der Waals surface area contributed by atoms with Crippen LogP contribution in [0.4, 0.5) is 10.1 Å². The van der Waals surface area contributed by atoms with Gasteiger partial charge in [-0.05, 0) is 36.2 Å². The van der Waals surface area contributed by atoms with Crippen molar-refractivity contribution in [1.82, 2.24) is 5.32 Å². The molecule has 0 fully saturated rings. The van der Waals surface area contributed by atoms with Gasteiger partial charge in [-0.25, -0.2) is 4.39 Å². The van der Waals surface area contributed by atoms with Crippen LogP contribution in [0.3, 0.4) is 0 Å². The summed E-state index contributed by atoms with van der Waals surface area (Å²) in [4.78, 5) is 22.3. The van der Waals surface area contributed by atoms with E-state index in [-0.39, 0.29) is 28.6 Å². The zero-order chi connectivity index (χ0) is 16.1. The number of hydrogen-bond acceptors (Lipinski definition) is 3. The Bertz CT molecular complexity index is 704. The minimum atomic E-state index is -0.634. The van der Waals surface area contributed by atoms with E-state index in [0.717, 1.165) is 5.56 Å². The molecule has 0 heterocycles. The summed E-state index contributed by atoms with van der Waals surface area (Å²) in [6, 6.07) is 9.70. The van der Waals surface area contributed by atoms with Crippen molar-refractivity contribution in [1.29, 1.82) is 0 Å². The van der Waals surface area contributed by atoms with Gasteiger partial charge in [-0.15, -0.1) is 0 Å². The van der Waals surface area contributed by atoms with Gasteiger partial charge in [-0.3, -0.25) is 14.9 Å². The van der Waals surface area contributed by atoms with Crippen LogP contribution in [0, 0.1) is 15.9 Å². The molecule has 2 aromatic rings. The van der Waals surface area contributed by atoms with Crippen molar-refractivity contribution in [2.45, 2.75) is 6.42 Å². The molecule has 0 unspecified atom stereocenters. The van der Waals surface area contributed by atoms with Gasteiger partial charge in [0.05, 0.1) is 4.92 Å². The van der Waals surface area contributed by atoms with E-state index in [1.54, 1.807) is 12.1 Å². The van der Waals surface area contributed by atoms with Gasteiger partial charge in [0.15, 0.2) is 0 Å². The molecule has 5 nitrogen and oxygen atoms in total. The van der Waals surface area contributed by atoms with E-state index in [0.29, 0.717) is 6.42 Å². The lowest BCUT2D eigenvalue weighted by atomic mass is 10.1. The third-order valence-electron chi connectivity index (χ3n) is 3.01. The van der Waals surface area contributed by atoms with Crippen LogP contribution in [0.1, 0.15) is 15.9 Å². The number of rotatable bonds is 5. The van der Waals surface area contributed by atoms with Crippen molar-refractivity contribution in [2.24, 2.45) is 0 Å². The maximum atomic E-state index is 12.8. The zero-order valence-corrected chi connectivity index (χ0v) is 12.1. The molecule has 0 radical (unpaired) electrons. The van der Waals surface area contributed by atoms with Crippen LogP contribution in [0.15, 0.2) is 42.5 Å². The Kier molecular flexibility index (Phi) is 5.06. The fourth-order valence-corrected chi connectivity index (χ4v) is 2.09. The molecule has 0 aliphatic rings. The van der Waals surface area contributed by atoms with Gasteiger partial charge in [0.2, 0.25) is 0 Å². The summed E-state index contributed by atoms with van der Waals surface area (Å²) in [7, 11) is 0. The van der Waals surface area contributed by atoms with Crippen molar-refractivity contribution in [3.63, 3.8) is 0 Å². The van der Waals surface area contributed by atoms with Crippen molar-refractivity contribution >= 4 is 23.2 Å². The Morgan fingerprint density at radius 1 is 1.23 bits per heavy atom. The molecule has 114 valence electrons. The zero-order valence-electron chi connectivity index (χ0n) is 11.4. The fourth-order valence-electron chi connectivity index (χ4n) is 1.92. The molecule has 7 heteroatoms. The quantitative estimate of drug-likeness (QED) is 0.677. The van der Waals surface area contributed by atoms with Gasteiger partial charge < -0.3 is 5.32 Å². The lowest BCUT2D eigenvalue weighted by molar-refractivity contribution is -0.385. The van der Waals surface area contributed by atoms with Crippen molar-refractivity contribution in [2.75, 3.05) is 6.54 Å². The number of nitro groups is 1. The van der Waals surface area contributed by atoms with Crippen LogP contribution in [0.25, 0.3) is 0 Å². The second-order valence-corrected chi connectivity index (χ2v) is 4.99. The summed E-state index contributed by atoms with van der Waals surface area (Å²) >= 11 is 5.77. The second kappa shape index (κ2) is 7.00. The molecule has 2 rings (SSSR count). The number of nitrogens with zero attached hydrogens (tertiary/aromatic N) is 1. The SMILES string of the molecule is O=C(NCCc1ccc(F)cc1)c1cc(Cl)ccc1[N+](=O)[O-]. The third-order valence-corrected chi connectivity index (χ3v) is 3.25. The molecular formula is C15H12ClFN2O3. The Hall–Kier alpha value is -2.47. The van der Waals surface area contributed by atoms with Gasteiger partial charge in [0.1, 0.15) is 11.4 Å². The number of hydrogen-bond donors (Lipinski definition) is 1. The Morgan fingerprint density at radius 2 is 1.91 bits per heavy atom. The average molecular weight is 323 g/mol. The lowest BCUT2D eigenvalue weighted by Crippen LogP contribution is -2.26. The molecule has 0 aliphatic carbocycles. The molecular weight excluding hydrogens is 311 g/mol. The highest BCUT2D eigenvalue weighted by Gasteiger charge is 2.20. The normalized spacial score (nSPS) is 10.3. The summed E-state index contributed by atoms with van der Waals surface area (Å²) in [6.07, 6.45) is 0.486. The first-order valence-corrected chi connectivity index (χ1v) is 6.82. The van der Waals surface area contributed by atoms with Crippen LogP contribution in [-0.4, -0.2) is 17.4 Å². The van der Waals surface area contributed by atoms with E-state index in [2.05, 4.69) is 5.32 Å². The number of amides is 1. The lowest BCUT2D eigenvalue weighted by Gasteiger charge is -2.06. The molecule has 1 N–H and O–H groups in total. The van der Waals surface area contributed by atoms with Crippen LogP contribution in [0.5, 0.6) is 0 Å². The summed E-state index contributed by atoms with van der Waals surface area (Å²) in [6.45, 7) is 0.272. The number of carbonyl (C=O) groups is 1. The van der Waals surface area contributed by atoms with Crippen LogP contribution < -0.4 is 5.32 Å². The van der Waals surface area contributed by atoms with Crippen molar-refractivity contribution in [3.8, 4) is 0 Å². The molecule has 2 aromatic carbocycles. The Labute approximate surface area is 130 Å². The van der Waals surface area contributed by atoms with E-state index >= 15 is 0 Å². The summed E-state index contributed by atoms with van der Waals surface area (Å²) in [5.41, 5.74) is 0.461. The molecule has 0 aliphatic heterocycles. The predicted molar refractivity (Wildman–Crippen MR) is 80.5 cm³/mol. The first-order chi connectivity index (χ1) is 10.5. The summed E-state index contributed by atoms with van der Waals surface area (Å²) in [5, 5.41) is 13.7. The Balaban J connectivity index is 2.02. The number of nitrogens with one attached hydrogen (secondary N) is 1. The number of carbonyl (C=O) groups excluding carboxylic acids is 1. The van der Waals surface area contributed by atoms with E-state index in [1.807, 2.05) is 0 Å². The van der Waals surface area contributed by atoms with Gasteiger partial charge in [-0.1, -0.05) is 23.7 Å². The monoisotopic (exact) mass is 322 g/mol. The molecule has 0 saturated carbocycles. The maximum absolute atomic E-state index is 12.8. The van der Waals surface area contributed by atoms with Crippen LogP contribution in [0.2, 0.25) is 5.02 Å². The van der Waals surface area contributed by atoms with Gasteiger partial charge >= 0.3 is 0 Å². The fraction of sp³-hybridized carbons (Fsp3) is 0.133. The van der Waals surface area contributed by atoms with E-state index < -0.39 is 10.8 Å². The molecule has 0 saturated heterocycles. The molecule has 0 bridgehead atoms. The minimum absolute atomic E-state index is 0.0865. The van der Waals surface area contributed by atoms with Crippen molar-refractivity contribution in [3.05, 3.63) is 74.5 Å². The summed E-state index contributed by atoms with van der Waals surface area (Å²) < 4.78 is 12.8. The maximum Gasteiger partial charge on any atom is 0.282 e.